The molecule has 1 aliphatic heterocycles. The number of benzene rings is 2. The van der Waals surface area contributed by atoms with Gasteiger partial charge >= 0.3 is 0 Å². The molecule has 1 aliphatic rings. The first-order chi connectivity index (χ1) is 16.2. The molecule has 34 heavy (non-hydrogen) atoms. The molecule has 0 bridgehead atoms. The van der Waals surface area contributed by atoms with Gasteiger partial charge in [0, 0.05) is 42.8 Å². The standard InChI is InChI=1S/C23H21Cl2FN2O5S/c24-19-4-2-1-3-16(19)14-33-23-15-32-17(11-22(23)29)13-27-7-9-28(10-8-27)34(30,31)18-5-6-21(26)20(25)12-18/h1-6,11-12,15H,7-10,13-14H2. The fourth-order valence-electron chi connectivity index (χ4n) is 3.53. The van der Waals surface area contributed by atoms with Crippen molar-refractivity contribution in [3.63, 3.8) is 0 Å². The third-order valence-corrected chi connectivity index (χ3v) is 7.99. The van der Waals surface area contributed by atoms with Crippen molar-refractivity contribution in [2.24, 2.45) is 0 Å². The van der Waals surface area contributed by atoms with Crippen LogP contribution in [0.5, 0.6) is 5.75 Å². The van der Waals surface area contributed by atoms with E-state index in [1.807, 2.05) is 23.1 Å². The molecule has 7 nitrogen and oxygen atoms in total. The lowest BCUT2D eigenvalue weighted by molar-refractivity contribution is 0.169. The van der Waals surface area contributed by atoms with Crippen LogP contribution in [0, 0.1) is 5.82 Å². The smallest absolute Gasteiger partial charge is 0.243 e. The Labute approximate surface area is 206 Å². The Morgan fingerprint density at radius 2 is 1.74 bits per heavy atom. The average molecular weight is 527 g/mol. The van der Waals surface area contributed by atoms with Crippen LogP contribution in [0.4, 0.5) is 4.39 Å². The number of sulfonamides is 1. The minimum atomic E-state index is -3.79. The summed E-state index contributed by atoms with van der Waals surface area (Å²) in [6, 6.07) is 11.9. The number of hydrogen-bond acceptors (Lipinski definition) is 6. The molecule has 0 saturated carbocycles. The lowest BCUT2D eigenvalue weighted by Crippen LogP contribution is -2.48. The average Bonchev–Trinajstić information content (AvgIpc) is 2.81. The van der Waals surface area contributed by atoms with Crippen LogP contribution < -0.4 is 10.2 Å². The number of halogens is 3. The topological polar surface area (TPSA) is 80.1 Å². The van der Waals surface area contributed by atoms with E-state index in [0.29, 0.717) is 30.4 Å². The van der Waals surface area contributed by atoms with E-state index < -0.39 is 15.8 Å². The van der Waals surface area contributed by atoms with Gasteiger partial charge in [0.2, 0.25) is 21.2 Å². The minimum absolute atomic E-state index is 0.0503. The zero-order valence-corrected chi connectivity index (χ0v) is 20.2. The Morgan fingerprint density at radius 3 is 2.41 bits per heavy atom. The van der Waals surface area contributed by atoms with E-state index in [1.165, 1.54) is 22.7 Å². The van der Waals surface area contributed by atoms with Gasteiger partial charge in [-0.25, -0.2) is 12.8 Å². The molecule has 1 saturated heterocycles. The highest BCUT2D eigenvalue weighted by atomic mass is 35.5. The van der Waals surface area contributed by atoms with Gasteiger partial charge in [-0.1, -0.05) is 41.4 Å². The van der Waals surface area contributed by atoms with Gasteiger partial charge in [-0.15, -0.1) is 0 Å². The monoisotopic (exact) mass is 526 g/mol. The fourth-order valence-corrected chi connectivity index (χ4v) is 5.42. The van der Waals surface area contributed by atoms with Crippen molar-refractivity contribution in [3.05, 3.63) is 92.2 Å². The zero-order chi connectivity index (χ0) is 24.3. The summed E-state index contributed by atoms with van der Waals surface area (Å²) in [5, 5.41) is 0.307. The maximum absolute atomic E-state index is 13.4. The third kappa shape index (κ3) is 5.61. The minimum Gasteiger partial charge on any atom is -0.482 e. The van der Waals surface area contributed by atoms with Gasteiger partial charge in [-0.05, 0) is 24.3 Å². The van der Waals surface area contributed by atoms with Crippen molar-refractivity contribution in [2.75, 3.05) is 26.2 Å². The van der Waals surface area contributed by atoms with E-state index in [9.17, 15) is 17.6 Å². The summed E-state index contributed by atoms with van der Waals surface area (Å²) in [7, 11) is -3.79. The van der Waals surface area contributed by atoms with Gasteiger partial charge in [0.05, 0.1) is 16.5 Å². The summed E-state index contributed by atoms with van der Waals surface area (Å²) in [6.45, 7) is 1.82. The van der Waals surface area contributed by atoms with Crippen LogP contribution in [0.1, 0.15) is 11.3 Å². The highest BCUT2D eigenvalue weighted by Gasteiger charge is 2.29. The van der Waals surface area contributed by atoms with Crippen LogP contribution in [0.2, 0.25) is 10.0 Å². The van der Waals surface area contributed by atoms with Gasteiger partial charge < -0.3 is 9.15 Å². The first-order valence-electron chi connectivity index (χ1n) is 10.4. The summed E-state index contributed by atoms with van der Waals surface area (Å²) < 4.78 is 51.5. The predicted molar refractivity (Wildman–Crippen MR) is 126 cm³/mol. The molecule has 180 valence electrons. The van der Waals surface area contributed by atoms with Crippen molar-refractivity contribution < 1.29 is 22.0 Å². The Morgan fingerprint density at radius 1 is 1.00 bits per heavy atom. The lowest BCUT2D eigenvalue weighted by Gasteiger charge is -2.33. The molecule has 11 heteroatoms. The summed E-state index contributed by atoms with van der Waals surface area (Å²) in [5.74, 6) is -0.151. The maximum atomic E-state index is 13.4. The molecule has 0 atom stereocenters. The lowest BCUT2D eigenvalue weighted by atomic mass is 10.2. The van der Waals surface area contributed by atoms with Crippen LogP contribution in [0.3, 0.4) is 0 Å². The van der Waals surface area contributed by atoms with Crippen molar-refractivity contribution >= 4 is 33.2 Å². The number of nitrogens with zero attached hydrogens (tertiary/aromatic N) is 2. The normalized spacial score (nSPS) is 15.4. The number of hydrogen-bond donors (Lipinski definition) is 0. The molecule has 0 unspecified atom stereocenters. The summed E-state index contributed by atoms with van der Waals surface area (Å²) in [5.41, 5.74) is 0.436. The second-order valence-corrected chi connectivity index (χ2v) is 10.5. The molecule has 3 aromatic rings. The van der Waals surface area contributed by atoms with Gasteiger partial charge in [0.1, 0.15) is 24.4 Å². The number of piperazine rings is 1. The molecule has 1 fully saturated rings. The molecule has 2 heterocycles. The fraction of sp³-hybridized carbons (Fsp3) is 0.261. The Hall–Kier alpha value is -2.43. The van der Waals surface area contributed by atoms with E-state index >= 15 is 0 Å². The molecule has 4 rings (SSSR count). The molecular weight excluding hydrogens is 506 g/mol. The van der Waals surface area contributed by atoms with Gasteiger partial charge in [-0.3, -0.25) is 9.69 Å². The van der Waals surface area contributed by atoms with Gasteiger partial charge in [-0.2, -0.15) is 4.31 Å². The molecule has 2 aromatic carbocycles. The first-order valence-corrected chi connectivity index (χ1v) is 12.6. The molecule has 1 aromatic heterocycles. The van der Waals surface area contributed by atoms with Crippen LogP contribution in [-0.2, 0) is 23.2 Å². The molecule has 0 radical (unpaired) electrons. The number of rotatable bonds is 7. The van der Waals surface area contributed by atoms with Crippen LogP contribution in [0.15, 0.2) is 68.9 Å². The quantitative estimate of drug-likeness (QED) is 0.459. The van der Waals surface area contributed by atoms with Gasteiger partial charge in [0.25, 0.3) is 0 Å². The summed E-state index contributed by atoms with van der Waals surface area (Å²) in [6.07, 6.45) is 1.27. The van der Waals surface area contributed by atoms with Crippen LogP contribution >= 0.6 is 23.2 Å². The van der Waals surface area contributed by atoms with Gasteiger partial charge in [0.15, 0.2) is 0 Å². The first kappa shape index (κ1) is 24.7. The largest absolute Gasteiger partial charge is 0.482 e. The van der Waals surface area contributed by atoms with E-state index in [0.717, 1.165) is 17.7 Å². The zero-order valence-electron chi connectivity index (χ0n) is 17.9. The Bertz CT molecular complexity index is 1340. The Balaban J connectivity index is 1.34. The SMILES string of the molecule is O=c1cc(CN2CCN(S(=O)(=O)c3ccc(F)c(Cl)c3)CC2)occ1OCc1ccccc1Cl. The molecule has 0 amide bonds. The van der Waals surface area contributed by atoms with Crippen molar-refractivity contribution in [1.29, 1.82) is 0 Å². The van der Waals surface area contributed by atoms with Crippen LogP contribution in [0.25, 0.3) is 0 Å². The Kier molecular flexibility index (Phi) is 7.59. The van der Waals surface area contributed by atoms with Crippen molar-refractivity contribution in [1.82, 2.24) is 9.21 Å². The predicted octanol–water partition coefficient (Wildman–Crippen LogP) is 4.17. The molecule has 0 aliphatic carbocycles. The van der Waals surface area contributed by atoms with E-state index in [4.69, 9.17) is 32.4 Å². The molecular formula is C23H21Cl2FN2O5S. The molecule has 0 N–H and O–H groups in total. The van der Waals surface area contributed by atoms with Crippen LogP contribution in [-0.4, -0.2) is 43.8 Å². The second-order valence-electron chi connectivity index (χ2n) is 7.71. The third-order valence-electron chi connectivity index (χ3n) is 5.43. The summed E-state index contributed by atoms with van der Waals surface area (Å²) in [4.78, 5) is 14.3. The van der Waals surface area contributed by atoms with E-state index in [-0.39, 0.29) is 40.8 Å². The summed E-state index contributed by atoms with van der Waals surface area (Å²) >= 11 is 11.8. The number of ether oxygens (including phenoxy) is 1. The second kappa shape index (κ2) is 10.5. The van der Waals surface area contributed by atoms with E-state index in [1.54, 1.807) is 6.07 Å². The highest BCUT2D eigenvalue weighted by Crippen LogP contribution is 2.24. The van der Waals surface area contributed by atoms with E-state index in [2.05, 4.69) is 0 Å². The van der Waals surface area contributed by atoms with Crippen molar-refractivity contribution in [3.8, 4) is 5.75 Å². The highest BCUT2D eigenvalue weighted by molar-refractivity contribution is 7.89. The maximum Gasteiger partial charge on any atom is 0.243 e. The van der Waals surface area contributed by atoms with Crippen molar-refractivity contribution in [2.45, 2.75) is 18.0 Å². The molecule has 0 spiro atoms.